The Bertz CT molecular complexity index is 1360. The van der Waals surface area contributed by atoms with Crippen LogP contribution in [0.5, 0.6) is 11.6 Å². The van der Waals surface area contributed by atoms with Crippen molar-refractivity contribution in [1.82, 2.24) is 25.4 Å². The normalized spacial score (nSPS) is 26.7. The molecule has 3 saturated carbocycles. The van der Waals surface area contributed by atoms with Gasteiger partial charge in [-0.05, 0) is 67.6 Å². The molecular weight excluding hydrogens is 556 g/mol. The van der Waals surface area contributed by atoms with Crippen molar-refractivity contribution in [2.45, 2.75) is 73.7 Å². The van der Waals surface area contributed by atoms with Crippen LogP contribution < -0.4 is 9.64 Å². The molecule has 2 heterocycles. The third kappa shape index (κ3) is 5.78. The summed E-state index contributed by atoms with van der Waals surface area (Å²) in [5.41, 5.74) is 1.98. The summed E-state index contributed by atoms with van der Waals surface area (Å²) in [6.45, 7) is 2.31. The van der Waals surface area contributed by atoms with Crippen LogP contribution >= 0.6 is 37.9 Å². The molecule has 0 aliphatic heterocycles. The molecule has 2 aromatic heterocycles. The summed E-state index contributed by atoms with van der Waals surface area (Å²) < 4.78 is 19.8. The lowest BCUT2D eigenvalue weighted by Gasteiger charge is -2.51. The average Bonchev–Trinajstić information content (AvgIpc) is 3.72. The predicted octanol–water partition coefficient (Wildman–Crippen LogP) is 5.76. The van der Waals surface area contributed by atoms with E-state index in [1.54, 1.807) is 30.6 Å². The van der Waals surface area contributed by atoms with E-state index in [2.05, 4.69) is 75.1 Å². The Morgan fingerprint density at radius 3 is 2.56 bits per heavy atom. The summed E-state index contributed by atoms with van der Waals surface area (Å²) >= 11 is 12.3. The number of ether oxygens (including phenoxy) is 1. The molecule has 12 heteroatoms. The Labute approximate surface area is 243 Å². The third-order valence-corrected chi connectivity index (χ3v) is 8.46. The van der Waals surface area contributed by atoms with Crippen molar-refractivity contribution in [3.63, 3.8) is 0 Å². The zero-order valence-corrected chi connectivity index (χ0v) is 24.2. The molecule has 1 aromatic carbocycles. The quantitative estimate of drug-likeness (QED) is 0.205. The number of nitrogens with zero attached hydrogens (tertiary/aromatic N) is 6. The van der Waals surface area contributed by atoms with Gasteiger partial charge < -0.3 is 14.7 Å². The molecule has 4 atom stereocenters. The van der Waals surface area contributed by atoms with E-state index in [1.807, 2.05) is 6.07 Å². The molecule has 3 aliphatic rings. The minimum Gasteiger partial charge on any atom is -0.507 e. The van der Waals surface area contributed by atoms with Crippen molar-refractivity contribution in [1.29, 1.82) is 0 Å². The third-order valence-electron chi connectivity index (χ3n) is 8.19. The van der Waals surface area contributed by atoms with Crippen LogP contribution in [0.3, 0.4) is 0 Å². The number of anilines is 1. The zero-order valence-electron chi connectivity index (χ0n) is 21.5. The number of alkyl halides is 1. The van der Waals surface area contributed by atoms with E-state index in [9.17, 15) is 5.11 Å². The summed E-state index contributed by atoms with van der Waals surface area (Å²) in [5, 5.41) is 27.5. The van der Waals surface area contributed by atoms with E-state index < -0.39 is 9.77 Å². The molecule has 1 N–H and O–H groups in total. The van der Waals surface area contributed by atoms with Gasteiger partial charge in [-0.25, -0.2) is 9.37 Å². The van der Waals surface area contributed by atoms with Crippen LogP contribution in [0.25, 0.3) is 22.5 Å². The molecule has 6 rings (SSSR count). The van der Waals surface area contributed by atoms with Gasteiger partial charge in [-0.1, -0.05) is 19.4 Å². The second-order valence-corrected chi connectivity index (χ2v) is 14.3. The maximum Gasteiger partial charge on any atom is 0.243 e. The maximum absolute atomic E-state index is 15.7. The fraction of sp³-hybridized carbons (Fsp3) is 0.519. The van der Waals surface area contributed by atoms with E-state index in [0.29, 0.717) is 28.3 Å². The number of fused-ring (bicyclic) bond motifs is 2. The highest BCUT2D eigenvalue weighted by Gasteiger charge is 2.50. The number of phenols is 1. The molecule has 206 valence electrons. The summed E-state index contributed by atoms with van der Waals surface area (Å²) in [7, 11) is 0. The minimum atomic E-state index is -1.32. The van der Waals surface area contributed by atoms with Gasteiger partial charge in [-0.3, -0.25) is 0 Å². The monoisotopic (exact) mass is 586 g/mol. The van der Waals surface area contributed by atoms with Crippen LogP contribution in [0.2, 0.25) is 0 Å². The van der Waals surface area contributed by atoms with E-state index >= 15 is 4.39 Å². The summed E-state index contributed by atoms with van der Waals surface area (Å²) in [6.07, 6.45) is 9.47. The van der Waals surface area contributed by atoms with Gasteiger partial charge in [0.2, 0.25) is 9.48 Å². The van der Waals surface area contributed by atoms with Gasteiger partial charge in [0.25, 0.3) is 0 Å². The standard InChI is InChI=1S/C27H31FN6O2S3/c1-26-8-2-3-16(11-26)24(28)20(12-26)34(18-5-6-18)22-14-29-25(33-31-22)19-7-4-15(9-21(19)35)17-10-23(32-30-13-17)36-27(37,38)39/h4,7,9-10,13-14,16,18,20,24,35,37-39H,2-3,5-6,8,11-12H2,1H3/t16-,20-,24+,26+/m1/s1. The Balaban J connectivity index is 1.24. The number of aromatic hydroxyl groups is 1. The zero-order chi connectivity index (χ0) is 27.4. The van der Waals surface area contributed by atoms with Gasteiger partial charge >= 0.3 is 0 Å². The average molecular weight is 587 g/mol. The van der Waals surface area contributed by atoms with Crippen molar-refractivity contribution in [3.05, 3.63) is 36.7 Å². The molecule has 2 bridgehead atoms. The van der Waals surface area contributed by atoms with Gasteiger partial charge in [0, 0.05) is 17.7 Å². The lowest BCUT2D eigenvalue weighted by atomic mass is 9.60. The van der Waals surface area contributed by atoms with E-state index in [0.717, 1.165) is 44.9 Å². The van der Waals surface area contributed by atoms with Crippen LogP contribution in [0.4, 0.5) is 10.2 Å². The minimum absolute atomic E-state index is 0.0100. The second-order valence-electron chi connectivity index (χ2n) is 11.4. The van der Waals surface area contributed by atoms with Crippen molar-refractivity contribution in [3.8, 4) is 34.1 Å². The lowest BCUT2D eigenvalue weighted by molar-refractivity contribution is 0.00942. The molecule has 3 aliphatic carbocycles. The van der Waals surface area contributed by atoms with E-state index in [-0.39, 0.29) is 35.0 Å². The Morgan fingerprint density at radius 1 is 1.05 bits per heavy atom. The maximum atomic E-state index is 15.7. The van der Waals surface area contributed by atoms with Crippen molar-refractivity contribution in [2.24, 2.45) is 11.3 Å². The Morgan fingerprint density at radius 2 is 1.87 bits per heavy atom. The topological polar surface area (TPSA) is 97.2 Å². The Hall–Kier alpha value is -2.31. The summed E-state index contributed by atoms with van der Waals surface area (Å²) in [6, 6.07) is 6.86. The first-order valence-corrected chi connectivity index (χ1v) is 14.6. The van der Waals surface area contributed by atoms with Crippen molar-refractivity contribution in [2.75, 3.05) is 4.90 Å². The predicted molar refractivity (Wildman–Crippen MR) is 157 cm³/mol. The first-order chi connectivity index (χ1) is 18.6. The second kappa shape index (κ2) is 10.3. The highest BCUT2D eigenvalue weighted by atomic mass is 32.2. The first kappa shape index (κ1) is 26.9. The van der Waals surface area contributed by atoms with Gasteiger partial charge in [0.15, 0.2) is 11.6 Å². The van der Waals surface area contributed by atoms with Crippen LogP contribution in [-0.4, -0.2) is 52.3 Å². The number of phenolic OH excluding ortho intramolecular Hbond substituents is 1. The number of halogens is 1. The largest absolute Gasteiger partial charge is 0.507 e. The number of benzene rings is 1. The summed E-state index contributed by atoms with van der Waals surface area (Å²) in [4.78, 5) is 6.69. The number of hydrogen-bond acceptors (Lipinski definition) is 11. The van der Waals surface area contributed by atoms with Crippen molar-refractivity contribution >= 4 is 43.7 Å². The molecule has 0 saturated heterocycles. The summed E-state index contributed by atoms with van der Waals surface area (Å²) in [5.74, 6) is 1.20. The van der Waals surface area contributed by atoms with Gasteiger partial charge in [-0.2, -0.15) is 5.10 Å². The number of hydrogen-bond donors (Lipinski definition) is 4. The van der Waals surface area contributed by atoms with Gasteiger partial charge in [0.05, 0.1) is 24.0 Å². The van der Waals surface area contributed by atoms with Crippen LogP contribution in [0.1, 0.15) is 51.9 Å². The Kier molecular flexibility index (Phi) is 7.08. The smallest absolute Gasteiger partial charge is 0.243 e. The first-order valence-electron chi connectivity index (χ1n) is 13.2. The molecule has 39 heavy (non-hydrogen) atoms. The number of aromatic nitrogens is 5. The molecule has 0 spiro atoms. The highest BCUT2D eigenvalue weighted by Crippen LogP contribution is 2.52. The van der Waals surface area contributed by atoms with Crippen LogP contribution in [-0.2, 0) is 0 Å². The fourth-order valence-electron chi connectivity index (χ4n) is 6.36. The van der Waals surface area contributed by atoms with E-state index in [4.69, 9.17) is 4.74 Å². The van der Waals surface area contributed by atoms with Gasteiger partial charge in [-0.15, -0.1) is 53.2 Å². The molecule has 0 amide bonds. The molecule has 3 aromatic rings. The van der Waals surface area contributed by atoms with Gasteiger partial charge in [0.1, 0.15) is 11.9 Å². The number of thiol groups is 3. The molecule has 3 fully saturated rings. The van der Waals surface area contributed by atoms with Crippen molar-refractivity contribution < 1.29 is 14.2 Å². The molecular formula is C27H31FN6O2S3. The highest BCUT2D eigenvalue weighted by molar-refractivity contribution is 8.16. The van der Waals surface area contributed by atoms with Crippen LogP contribution in [0, 0.1) is 11.3 Å². The molecule has 0 radical (unpaired) electrons. The van der Waals surface area contributed by atoms with Crippen LogP contribution in [0.15, 0.2) is 36.7 Å². The lowest BCUT2D eigenvalue weighted by Crippen LogP contribution is -2.54. The SMILES string of the molecule is C[C@]12CCC[C@H](C1)[C@H](F)[C@H](N(c1cnc(-c3ccc(-c4cnnc(OC(S)(S)S)c4)cc3O)nn1)C1CC1)C2. The fourth-order valence-corrected chi connectivity index (χ4v) is 6.64. The van der Waals surface area contributed by atoms with E-state index in [1.165, 1.54) is 0 Å². The molecule has 8 nitrogen and oxygen atoms in total. The number of rotatable bonds is 7. The molecule has 0 unspecified atom stereocenters.